The van der Waals surface area contributed by atoms with Crippen LogP contribution in [0, 0.1) is 11.3 Å². The van der Waals surface area contributed by atoms with Gasteiger partial charge in [-0.25, -0.2) is 4.98 Å². The second kappa shape index (κ2) is 5.93. The van der Waals surface area contributed by atoms with Crippen molar-refractivity contribution in [2.24, 2.45) is 11.3 Å². The fourth-order valence-corrected chi connectivity index (χ4v) is 5.64. The van der Waals surface area contributed by atoms with Gasteiger partial charge in [0.05, 0.1) is 10.2 Å². The molecule has 1 heterocycles. The summed E-state index contributed by atoms with van der Waals surface area (Å²) in [5.74, 6) is 1.78. The number of thioether (sulfide) groups is 1. The Morgan fingerprint density at radius 1 is 1.33 bits per heavy atom. The molecule has 4 heteroatoms. The second-order valence-electron chi connectivity index (χ2n) is 5.48. The number of rotatable bonds is 4. The van der Waals surface area contributed by atoms with Gasteiger partial charge in [0.25, 0.3) is 0 Å². The van der Waals surface area contributed by atoms with E-state index >= 15 is 0 Å². The summed E-state index contributed by atoms with van der Waals surface area (Å²) in [5, 5.41) is 1.05. The Labute approximate surface area is 126 Å². The Kier molecular flexibility index (Phi) is 4.73. The second-order valence-corrected chi connectivity index (χ2v) is 8.42. The van der Waals surface area contributed by atoms with Crippen LogP contribution >= 0.6 is 39.0 Å². The van der Waals surface area contributed by atoms with Crippen LogP contribution in [0.25, 0.3) is 10.2 Å². The number of nitrogens with zero attached hydrogens (tertiary/aromatic N) is 1. The van der Waals surface area contributed by atoms with Gasteiger partial charge in [-0.05, 0) is 23.5 Å². The van der Waals surface area contributed by atoms with Gasteiger partial charge in [-0.3, -0.25) is 0 Å². The summed E-state index contributed by atoms with van der Waals surface area (Å²) in [7, 11) is 0. The first-order chi connectivity index (χ1) is 8.50. The maximum atomic E-state index is 4.67. The molecule has 98 valence electrons. The van der Waals surface area contributed by atoms with Gasteiger partial charge >= 0.3 is 0 Å². The Hall–Kier alpha value is -0.0600. The summed E-state index contributed by atoms with van der Waals surface area (Å²) in [6, 6.07) is 8.35. The standard InChI is InChI=1S/C14H18BrNS2/c1-14(2,3)10(8-15)9-17-13-16-11-6-4-5-7-12(11)18-13/h4-7,10H,8-9H2,1-3H3. The van der Waals surface area contributed by atoms with Crippen LogP contribution in [0.3, 0.4) is 0 Å². The van der Waals surface area contributed by atoms with Crippen LogP contribution in [-0.2, 0) is 0 Å². The number of thiazole rings is 1. The minimum atomic E-state index is 0.340. The van der Waals surface area contributed by atoms with E-state index in [1.54, 1.807) is 11.3 Å². The molecule has 0 saturated heterocycles. The average molecular weight is 344 g/mol. The predicted molar refractivity (Wildman–Crippen MR) is 87.1 cm³/mol. The molecule has 1 atom stereocenters. The molecule has 0 fully saturated rings. The number of aromatic nitrogens is 1. The van der Waals surface area contributed by atoms with E-state index < -0.39 is 0 Å². The minimum absolute atomic E-state index is 0.340. The molecular weight excluding hydrogens is 326 g/mol. The van der Waals surface area contributed by atoms with Gasteiger partial charge < -0.3 is 0 Å². The Balaban J connectivity index is 2.05. The highest BCUT2D eigenvalue weighted by atomic mass is 79.9. The molecule has 1 unspecified atom stereocenters. The van der Waals surface area contributed by atoms with Crippen LogP contribution in [-0.4, -0.2) is 16.1 Å². The maximum absolute atomic E-state index is 4.67. The normalized spacial score (nSPS) is 14.0. The molecule has 0 aliphatic carbocycles. The van der Waals surface area contributed by atoms with Crippen LogP contribution < -0.4 is 0 Å². The minimum Gasteiger partial charge on any atom is -0.230 e. The molecule has 2 aromatic rings. The van der Waals surface area contributed by atoms with Crippen molar-refractivity contribution in [1.29, 1.82) is 0 Å². The van der Waals surface area contributed by atoms with Crippen molar-refractivity contribution in [2.45, 2.75) is 25.1 Å². The molecule has 1 aromatic heterocycles. The first-order valence-corrected chi connectivity index (χ1v) is 8.97. The SMILES string of the molecule is CC(C)(C)C(CBr)CSc1nc2ccccc2s1. The Morgan fingerprint density at radius 3 is 2.67 bits per heavy atom. The molecule has 2 rings (SSSR count). The maximum Gasteiger partial charge on any atom is 0.151 e. The van der Waals surface area contributed by atoms with E-state index in [0.29, 0.717) is 11.3 Å². The third-order valence-electron chi connectivity index (χ3n) is 3.09. The molecule has 0 amide bonds. The van der Waals surface area contributed by atoms with Gasteiger partial charge in [0.1, 0.15) is 0 Å². The lowest BCUT2D eigenvalue weighted by Crippen LogP contribution is -2.23. The van der Waals surface area contributed by atoms with Crippen molar-refractivity contribution in [1.82, 2.24) is 4.98 Å². The van der Waals surface area contributed by atoms with Crippen LogP contribution in [0.4, 0.5) is 0 Å². The van der Waals surface area contributed by atoms with Crippen LogP contribution in [0.5, 0.6) is 0 Å². The summed E-state index contributed by atoms with van der Waals surface area (Å²) in [5.41, 5.74) is 1.46. The molecule has 0 radical (unpaired) electrons. The average Bonchev–Trinajstić information content (AvgIpc) is 2.70. The topological polar surface area (TPSA) is 12.9 Å². The third kappa shape index (κ3) is 3.49. The monoisotopic (exact) mass is 343 g/mol. The van der Waals surface area contributed by atoms with Crippen LogP contribution in [0.2, 0.25) is 0 Å². The quantitative estimate of drug-likeness (QED) is 0.541. The number of hydrogen-bond acceptors (Lipinski definition) is 3. The summed E-state index contributed by atoms with van der Waals surface area (Å²) < 4.78 is 2.47. The molecule has 0 bridgehead atoms. The largest absolute Gasteiger partial charge is 0.230 e. The predicted octanol–water partition coefficient (Wildman–Crippen LogP) is 5.45. The Morgan fingerprint density at radius 2 is 2.06 bits per heavy atom. The van der Waals surface area contributed by atoms with Gasteiger partial charge in [-0.1, -0.05) is 60.6 Å². The van der Waals surface area contributed by atoms with E-state index in [1.807, 2.05) is 17.8 Å². The molecule has 0 spiro atoms. The zero-order valence-corrected chi connectivity index (χ0v) is 14.2. The van der Waals surface area contributed by atoms with E-state index in [0.717, 1.165) is 16.6 Å². The zero-order valence-electron chi connectivity index (χ0n) is 10.9. The number of hydrogen-bond donors (Lipinski definition) is 0. The fourth-order valence-electron chi connectivity index (χ4n) is 1.61. The molecule has 0 aliphatic heterocycles. The molecule has 18 heavy (non-hydrogen) atoms. The highest BCUT2D eigenvalue weighted by molar-refractivity contribution is 9.09. The van der Waals surface area contributed by atoms with E-state index in [2.05, 4.69) is 59.9 Å². The first kappa shape index (κ1) is 14.4. The van der Waals surface area contributed by atoms with Gasteiger partial charge in [0.2, 0.25) is 0 Å². The third-order valence-corrected chi connectivity index (χ3v) is 6.22. The molecular formula is C14H18BrNS2. The smallest absolute Gasteiger partial charge is 0.151 e. The van der Waals surface area contributed by atoms with E-state index in [4.69, 9.17) is 0 Å². The summed E-state index contributed by atoms with van der Waals surface area (Å²) >= 11 is 7.31. The number of halogens is 1. The summed E-state index contributed by atoms with van der Waals surface area (Å²) in [4.78, 5) is 4.67. The van der Waals surface area contributed by atoms with Crippen LogP contribution in [0.15, 0.2) is 28.6 Å². The van der Waals surface area contributed by atoms with Gasteiger partial charge in [0, 0.05) is 11.1 Å². The van der Waals surface area contributed by atoms with Gasteiger partial charge in [-0.15, -0.1) is 11.3 Å². The summed E-state index contributed by atoms with van der Waals surface area (Å²) in [6.45, 7) is 6.91. The van der Waals surface area contributed by atoms with Crippen molar-refractivity contribution < 1.29 is 0 Å². The van der Waals surface area contributed by atoms with Gasteiger partial charge in [-0.2, -0.15) is 0 Å². The van der Waals surface area contributed by atoms with E-state index in [-0.39, 0.29) is 0 Å². The fraction of sp³-hybridized carbons (Fsp3) is 0.500. The number of fused-ring (bicyclic) bond motifs is 1. The Bertz CT molecular complexity index is 483. The highest BCUT2D eigenvalue weighted by Gasteiger charge is 2.23. The lowest BCUT2D eigenvalue weighted by atomic mass is 9.83. The van der Waals surface area contributed by atoms with Crippen molar-refractivity contribution in [3.8, 4) is 0 Å². The lowest BCUT2D eigenvalue weighted by Gasteiger charge is -2.28. The lowest BCUT2D eigenvalue weighted by molar-refractivity contribution is 0.295. The molecule has 0 saturated carbocycles. The van der Waals surface area contributed by atoms with Gasteiger partial charge in [0.15, 0.2) is 4.34 Å². The number of benzene rings is 1. The van der Waals surface area contributed by atoms with E-state index in [9.17, 15) is 0 Å². The van der Waals surface area contributed by atoms with Crippen LogP contribution in [0.1, 0.15) is 20.8 Å². The highest BCUT2D eigenvalue weighted by Crippen LogP contribution is 2.35. The van der Waals surface area contributed by atoms with Crippen molar-refractivity contribution >= 4 is 49.2 Å². The summed E-state index contributed by atoms with van der Waals surface area (Å²) in [6.07, 6.45) is 0. The van der Waals surface area contributed by atoms with Crippen molar-refractivity contribution in [3.63, 3.8) is 0 Å². The molecule has 1 nitrogen and oxygen atoms in total. The molecule has 0 N–H and O–H groups in total. The molecule has 0 aliphatic rings. The number of alkyl halides is 1. The number of para-hydroxylation sites is 1. The van der Waals surface area contributed by atoms with Crippen molar-refractivity contribution in [3.05, 3.63) is 24.3 Å². The molecule has 1 aromatic carbocycles. The zero-order chi connectivity index (χ0) is 13.2. The van der Waals surface area contributed by atoms with Crippen molar-refractivity contribution in [2.75, 3.05) is 11.1 Å². The van der Waals surface area contributed by atoms with E-state index in [1.165, 1.54) is 9.04 Å². The first-order valence-electron chi connectivity index (χ1n) is 6.05.